The molecule has 24 heavy (non-hydrogen) atoms. The van der Waals surface area contributed by atoms with E-state index in [1.165, 1.54) is 6.20 Å². The summed E-state index contributed by atoms with van der Waals surface area (Å²) in [6, 6.07) is 15.0. The lowest BCUT2D eigenvalue weighted by molar-refractivity contribution is 0.103. The van der Waals surface area contributed by atoms with E-state index in [0.717, 1.165) is 16.5 Å². The molecule has 116 valence electrons. The average Bonchev–Trinajstić information content (AvgIpc) is 2.61. The molecule has 0 saturated heterocycles. The molecule has 0 aliphatic heterocycles. The Bertz CT molecular complexity index is 1160. The minimum atomic E-state index is -0.279. The summed E-state index contributed by atoms with van der Waals surface area (Å²) in [4.78, 5) is 32.6. The van der Waals surface area contributed by atoms with Crippen molar-refractivity contribution < 1.29 is 4.79 Å². The molecule has 4 heteroatoms. The largest absolute Gasteiger partial charge is 0.359 e. The van der Waals surface area contributed by atoms with Gasteiger partial charge in [-0.1, -0.05) is 36.4 Å². The Hall–Kier alpha value is -3.27. The van der Waals surface area contributed by atoms with Gasteiger partial charge in [0.05, 0.1) is 17.3 Å². The molecule has 0 unspecified atom stereocenters. The predicted octanol–water partition coefficient (Wildman–Crippen LogP) is 3.62. The minimum absolute atomic E-state index is 0.142. The van der Waals surface area contributed by atoms with Crippen molar-refractivity contribution >= 4 is 27.5 Å². The molecule has 2 heterocycles. The zero-order chi connectivity index (χ0) is 16.7. The minimum Gasteiger partial charge on any atom is -0.359 e. The highest BCUT2D eigenvalue weighted by molar-refractivity contribution is 6.11. The maximum Gasteiger partial charge on any atom is 0.200 e. The predicted molar refractivity (Wildman–Crippen MR) is 94.5 cm³/mol. The molecule has 0 aliphatic carbocycles. The molecule has 4 nitrogen and oxygen atoms in total. The third kappa shape index (κ3) is 2.29. The Morgan fingerprint density at radius 1 is 1.04 bits per heavy atom. The lowest BCUT2D eigenvalue weighted by Gasteiger charge is -2.05. The molecule has 0 atom stereocenters. The highest BCUT2D eigenvalue weighted by Crippen LogP contribution is 2.18. The highest BCUT2D eigenvalue weighted by Gasteiger charge is 2.15. The van der Waals surface area contributed by atoms with Crippen LogP contribution in [-0.4, -0.2) is 15.8 Å². The lowest BCUT2D eigenvalue weighted by atomic mass is 10.00. The summed E-state index contributed by atoms with van der Waals surface area (Å²) < 4.78 is 0. The van der Waals surface area contributed by atoms with E-state index in [2.05, 4.69) is 9.97 Å². The van der Waals surface area contributed by atoms with Crippen LogP contribution in [0.1, 0.15) is 21.6 Å². The van der Waals surface area contributed by atoms with E-state index >= 15 is 0 Å². The third-order valence-corrected chi connectivity index (χ3v) is 4.16. The molecule has 0 saturated carbocycles. The number of aryl methyl sites for hydroxylation is 1. The van der Waals surface area contributed by atoms with Crippen LogP contribution in [0.3, 0.4) is 0 Å². The van der Waals surface area contributed by atoms with Crippen molar-refractivity contribution in [2.75, 3.05) is 0 Å². The zero-order valence-corrected chi connectivity index (χ0v) is 13.0. The van der Waals surface area contributed by atoms with E-state index in [9.17, 15) is 9.59 Å². The number of nitrogens with one attached hydrogen (secondary N) is 1. The molecule has 1 N–H and O–H groups in total. The van der Waals surface area contributed by atoms with E-state index in [1.807, 2.05) is 43.3 Å². The summed E-state index contributed by atoms with van der Waals surface area (Å²) in [7, 11) is 0. The van der Waals surface area contributed by atoms with Crippen LogP contribution in [0.2, 0.25) is 0 Å². The molecular formula is C20H14N2O2. The number of aromatic amines is 1. The number of hydrogen-bond donors (Lipinski definition) is 1. The number of carbonyl (C=O) groups is 1. The number of ketones is 1. The van der Waals surface area contributed by atoms with Crippen LogP contribution in [0.5, 0.6) is 0 Å². The molecule has 4 aromatic rings. The first-order valence-electron chi connectivity index (χ1n) is 7.65. The molecule has 0 spiro atoms. The van der Waals surface area contributed by atoms with Crippen LogP contribution in [-0.2, 0) is 0 Å². The number of aromatic nitrogens is 2. The maximum atomic E-state index is 12.8. The van der Waals surface area contributed by atoms with Gasteiger partial charge in [0.25, 0.3) is 0 Å². The molecular weight excluding hydrogens is 300 g/mol. The molecule has 0 fully saturated rings. The summed E-state index contributed by atoms with van der Waals surface area (Å²) in [5.41, 5.74) is 1.74. The molecule has 0 radical (unpaired) electrons. The molecule has 0 bridgehead atoms. The first-order valence-corrected chi connectivity index (χ1v) is 7.65. The van der Waals surface area contributed by atoms with Crippen molar-refractivity contribution in [2.24, 2.45) is 0 Å². The summed E-state index contributed by atoms with van der Waals surface area (Å²) in [6.07, 6.45) is 3.08. The van der Waals surface area contributed by atoms with Crippen molar-refractivity contribution in [1.82, 2.24) is 9.97 Å². The van der Waals surface area contributed by atoms with Crippen molar-refractivity contribution in [1.29, 1.82) is 0 Å². The smallest absolute Gasteiger partial charge is 0.200 e. The van der Waals surface area contributed by atoms with Crippen LogP contribution in [0.25, 0.3) is 21.7 Å². The van der Waals surface area contributed by atoms with Gasteiger partial charge < -0.3 is 4.98 Å². The SMILES string of the molecule is Cc1cc2c(=O)c(C(=O)c3ccc4ccccc4c3)c[nH]c2cn1. The number of carbonyl (C=O) groups excluding carboxylic acids is 1. The van der Waals surface area contributed by atoms with E-state index in [-0.39, 0.29) is 16.8 Å². The molecule has 4 rings (SSSR count). The van der Waals surface area contributed by atoms with Gasteiger partial charge in [-0.25, -0.2) is 0 Å². The third-order valence-electron chi connectivity index (χ3n) is 4.16. The average molecular weight is 314 g/mol. The van der Waals surface area contributed by atoms with Crippen molar-refractivity contribution in [3.63, 3.8) is 0 Å². The second-order valence-electron chi connectivity index (χ2n) is 5.79. The number of pyridine rings is 2. The first kappa shape index (κ1) is 14.3. The number of hydrogen-bond acceptors (Lipinski definition) is 3. The summed E-state index contributed by atoms with van der Waals surface area (Å²) in [5, 5.41) is 2.51. The van der Waals surface area contributed by atoms with Crippen LogP contribution >= 0.6 is 0 Å². The van der Waals surface area contributed by atoms with Crippen molar-refractivity contribution in [3.05, 3.63) is 88.0 Å². The number of benzene rings is 2. The van der Waals surface area contributed by atoms with E-state index in [0.29, 0.717) is 16.5 Å². The van der Waals surface area contributed by atoms with Crippen LogP contribution in [0.4, 0.5) is 0 Å². The van der Waals surface area contributed by atoms with Gasteiger partial charge in [0.1, 0.15) is 0 Å². The van der Waals surface area contributed by atoms with Crippen molar-refractivity contribution in [3.8, 4) is 0 Å². The molecule has 0 amide bonds. The van der Waals surface area contributed by atoms with Crippen LogP contribution in [0.15, 0.2) is 65.7 Å². The van der Waals surface area contributed by atoms with Gasteiger partial charge in [-0.3, -0.25) is 14.6 Å². The van der Waals surface area contributed by atoms with Gasteiger partial charge in [-0.15, -0.1) is 0 Å². The Balaban J connectivity index is 1.88. The fourth-order valence-corrected chi connectivity index (χ4v) is 2.88. The van der Waals surface area contributed by atoms with Gasteiger partial charge in [-0.2, -0.15) is 0 Å². The standard InChI is InChI=1S/C20H14N2O2/c1-12-8-16-18(11-21-12)22-10-17(20(16)24)19(23)15-7-6-13-4-2-3-5-14(13)9-15/h2-11H,1H3,(H,22,24). The number of nitrogens with zero attached hydrogens (tertiary/aromatic N) is 1. The lowest BCUT2D eigenvalue weighted by Crippen LogP contribution is -2.17. The zero-order valence-electron chi connectivity index (χ0n) is 13.0. The summed E-state index contributed by atoms with van der Waals surface area (Å²) >= 11 is 0. The van der Waals surface area contributed by atoms with E-state index in [4.69, 9.17) is 0 Å². The topological polar surface area (TPSA) is 62.8 Å². The first-order chi connectivity index (χ1) is 11.6. The fraction of sp³-hybridized carbons (Fsp3) is 0.0500. The fourth-order valence-electron chi connectivity index (χ4n) is 2.88. The van der Waals surface area contributed by atoms with Crippen LogP contribution < -0.4 is 5.43 Å². The van der Waals surface area contributed by atoms with Gasteiger partial charge in [0, 0.05) is 22.8 Å². The van der Waals surface area contributed by atoms with E-state index < -0.39 is 0 Å². The summed E-state index contributed by atoms with van der Waals surface area (Å²) in [6.45, 7) is 1.82. The Morgan fingerprint density at radius 3 is 2.67 bits per heavy atom. The van der Waals surface area contributed by atoms with E-state index in [1.54, 1.807) is 18.3 Å². The highest BCUT2D eigenvalue weighted by atomic mass is 16.1. The number of H-pyrrole nitrogens is 1. The Kier molecular flexibility index (Phi) is 3.24. The van der Waals surface area contributed by atoms with Gasteiger partial charge in [-0.05, 0) is 29.8 Å². The Morgan fingerprint density at radius 2 is 1.83 bits per heavy atom. The summed E-state index contributed by atoms with van der Waals surface area (Å²) in [5.74, 6) is -0.279. The number of fused-ring (bicyclic) bond motifs is 2. The Labute approximate surface area is 137 Å². The van der Waals surface area contributed by atoms with Gasteiger partial charge >= 0.3 is 0 Å². The van der Waals surface area contributed by atoms with Crippen molar-refractivity contribution in [2.45, 2.75) is 6.92 Å². The second-order valence-corrected chi connectivity index (χ2v) is 5.79. The van der Waals surface area contributed by atoms with Gasteiger partial charge in [0.2, 0.25) is 5.43 Å². The quantitative estimate of drug-likeness (QED) is 0.575. The van der Waals surface area contributed by atoms with Crippen LogP contribution in [0, 0.1) is 6.92 Å². The number of rotatable bonds is 2. The van der Waals surface area contributed by atoms with Gasteiger partial charge in [0.15, 0.2) is 5.78 Å². The monoisotopic (exact) mass is 314 g/mol. The normalized spacial score (nSPS) is 11.0. The second kappa shape index (κ2) is 5.42. The molecule has 2 aromatic heterocycles. The molecule has 0 aliphatic rings. The molecule has 2 aromatic carbocycles. The maximum absolute atomic E-state index is 12.8.